The third kappa shape index (κ3) is 1.78. The first-order valence-corrected chi connectivity index (χ1v) is 5.26. The molecule has 2 aromatic carbocycles. The van der Waals surface area contributed by atoms with Crippen LogP contribution in [0.2, 0.25) is 0 Å². The van der Waals surface area contributed by atoms with Crippen LogP contribution in [0.1, 0.15) is 5.56 Å². The highest BCUT2D eigenvalue weighted by atomic mass is 16.5. The van der Waals surface area contributed by atoms with E-state index in [1.807, 2.05) is 24.3 Å². The summed E-state index contributed by atoms with van der Waals surface area (Å²) >= 11 is 0. The molecular formula is C14H15O3. The van der Waals surface area contributed by atoms with Crippen LogP contribution in [0.5, 0.6) is 17.2 Å². The Morgan fingerprint density at radius 1 is 0.882 bits per heavy atom. The molecule has 0 aromatic heterocycles. The molecule has 3 heteroatoms. The van der Waals surface area contributed by atoms with Crippen LogP contribution in [0.4, 0.5) is 0 Å². The second-order valence-electron chi connectivity index (χ2n) is 3.64. The molecule has 0 saturated carbocycles. The van der Waals surface area contributed by atoms with Crippen LogP contribution >= 0.6 is 0 Å². The van der Waals surface area contributed by atoms with Gasteiger partial charge in [0, 0.05) is 22.4 Å². The van der Waals surface area contributed by atoms with Gasteiger partial charge in [0.1, 0.15) is 17.2 Å². The van der Waals surface area contributed by atoms with Gasteiger partial charge in [-0.25, -0.2) is 0 Å². The maximum Gasteiger partial charge on any atom is 0.130 e. The summed E-state index contributed by atoms with van der Waals surface area (Å²) in [6, 6.07) is 7.64. The SMILES string of the molecule is [CH2]c1c(OC)cc(OC)c2cccc(OC)c12. The lowest BCUT2D eigenvalue weighted by atomic mass is 10.0. The van der Waals surface area contributed by atoms with Gasteiger partial charge in [0.25, 0.3) is 0 Å². The van der Waals surface area contributed by atoms with Crippen molar-refractivity contribution in [3.63, 3.8) is 0 Å². The Kier molecular flexibility index (Phi) is 3.09. The van der Waals surface area contributed by atoms with Gasteiger partial charge < -0.3 is 14.2 Å². The molecule has 2 rings (SSSR count). The first-order valence-electron chi connectivity index (χ1n) is 5.26. The highest BCUT2D eigenvalue weighted by Gasteiger charge is 2.13. The topological polar surface area (TPSA) is 27.7 Å². The van der Waals surface area contributed by atoms with E-state index in [1.54, 1.807) is 21.3 Å². The van der Waals surface area contributed by atoms with E-state index in [4.69, 9.17) is 14.2 Å². The summed E-state index contributed by atoms with van der Waals surface area (Å²) in [5.74, 6) is 2.21. The lowest BCUT2D eigenvalue weighted by molar-refractivity contribution is 0.395. The van der Waals surface area contributed by atoms with E-state index in [-0.39, 0.29) is 0 Å². The number of hydrogen-bond donors (Lipinski definition) is 0. The van der Waals surface area contributed by atoms with Crippen LogP contribution in [0.25, 0.3) is 10.8 Å². The molecule has 3 nitrogen and oxygen atoms in total. The van der Waals surface area contributed by atoms with Crippen molar-refractivity contribution in [2.45, 2.75) is 0 Å². The normalized spacial score (nSPS) is 10.4. The second kappa shape index (κ2) is 4.53. The van der Waals surface area contributed by atoms with Crippen molar-refractivity contribution in [2.75, 3.05) is 21.3 Å². The Labute approximate surface area is 101 Å². The summed E-state index contributed by atoms with van der Waals surface area (Å²) < 4.78 is 16.0. The maximum absolute atomic E-state index is 5.36. The van der Waals surface area contributed by atoms with Crippen molar-refractivity contribution in [3.05, 3.63) is 36.8 Å². The monoisotopic (exact) mass is 231 g/mol. The van der Waals surface area contributed by atoms with E-state index in [1.165, 1.54) is 0 Å². The Morgan fingerprint density at radius 2 is 1.53 bits per heavy atom. The van der Waals surface area contributed by atoms with Crippen LogP contribution in [-0.4, -0.2) is 21.3 Å². The average Bonchev–Trinajstić information content (AvgIpc) is 2.38. The fourth-order valence-corrected chi connectivity index (χ4v) is 1.98. The van der Waals surface area contributed by atoms with Gasteiger partial charge in [-0.1, -0.05) is 12.1 Å². The first kappa shape index (κ1) is 11.6. The van der Waals surface area contributed by atoms with Gasteiger partial charge in [-0.2, -0.15) is 0 Å². The summed E-state index contributed by atoms with van der Waals surface area (Å²) in [6.45, 7) is 4.04. The number of fused-ring (bicyclic) bond motifs is 1. The molecule has 0 fully saturated rings. The third-order valence-electron chi connectivity index (χ3n) is 2.81. The quantitative estimate of drug-likeness (QED) is 0.812. The van der Waals surface area contributed by atoms with E-state index in [0.717, 1.165) is 27.8 Å². The van der Waals surface area contributed by atoms with E-state index >= 15 is 0 Å². The van der Waals surface area contributed by atoms with E-state index < -0.39 is 0 Å². The Hall–Kier alpha value is -1.90. The van der Waals surface area contributed by atoms with Crippen molar-refractivity contribution in [3.8, 4) is 17.2 Å². The highest BCUT2D eigenvalue weighted by Crippen LogP contribution is 2.39. The summed E-state index contributed by atoms with van der Waals surface area (Å²) in [5, 5.41) is 1.89. The molecule has 2 aromatic rings. The fraction of sp³-hybridized carbons (Fsp3) is 0.214. The largest absolute Gasteiger partial charge is 0.496 e. The Bertz CT molecular complexity index is 547. The van der Waals surface area contributed by atoms with Crippen LogP contribution in [0.3, 0.4) is 0 Å². The molecule has 0 unspecified atom stereocenters. The Morgan fingerprint density at radius 3 is 2.12 bits per heavy atom. The molecule has 0 aliphatic carbocycles. The van der Waals surface area contributed by atoms with Crippen LogP contribution in [-0.2, 0) is 0 Å². The minimum absolute atomic E-state index is 0.693. The summed E-state index contributed by atoms with van der Waals surface area (Å²) in [4.78, 5) is 0. The van der Waals surface area contributed by atoms with Gasteiger partial charge in [-0.3, -0.25) is 0 Å². The zero-order valence-corrected chi connectivity index (χ0v) is 10.2. The van der Waals surface area contributed by atoms with Crippen molar-refractivity contribution < 1.29 is 14.2 Å². The van der Waals surface area contributed by atoms with E-state index in [2.05, 4.69) is 6.92 Å². The predicted molar refractivity (Wildman–Crippen MR) is 68.1 cm³/mol. The molecule has 0 aliphatic heterocycles. The second-order valence-corrected chi connectivity index (χ2v) is 3.64. The zero-order valence-electron chi connectivity index (χ0n) is 10.2. The van der Waals surface area contributed by atoms with Gasteiger partial charge >= 0.3 is 0 Å². The number of methoxy groups -OCH3 is 3. The molecule has 0 bridgehead atoms. The molecule has 0 aliphatic rings. The standard InChI is InChI=1S/C14H15O3/c1-9-12(16-3)8-13(17-4)10-6-5-7-11(15-2)14(9)10/h5-8H,1H2,2-4H3. The number of hydrogen-bond acceptors (Lipinski definition) is 3. The van der Waals surface area contributed by atoms with Gasteiger partial charge in [0.15, 0.2) is 0 Å². The summed E-state index contributed by atoms with van der Waals surface area (Å²) in [5.41, 5.74) is 0.806. The third-order valence-corrected chi connectivity index (χ3v) is 2.81. The summed E-state index contributed by atoms with van der Waals surface area (Å²) in [6.07, 6.45) is 0. The van der Waals surface area contributed by atoms with Gasteiger partial charge in [-0.15, -0.1) is 0 Å². The fourth-order valence-electron chi connectivity index (χ4n) is 1.98. The van der Waals surface area contributed by atoms with Crippen LogP contribution < -0.4 is 14.2 Å². The number of ether oxygens (including phenoxy) is 3. The average molecular weight is 231 g/mol. The first-order chi connectivity index (χ1) is 8.22. The molecule has 17 heavy (non-hydrogen) atoms. The lowest BCUT2D eigenvalue weighted by Gasteiger charge is -2.14. The minimum Gasteiger partial charge on any atom is -0.496 e. The molecular weight excluding hydrogens is 216 g/mol. The zero-order chi connectivity index (χ0) is 12.4. The lowest BCUT2D eigenvalue weighted by Crippen LogP contribution is -1.94. The van der Waals surface area contributed by atoms with Crippen molar-refractivity contribution >= 4 is 10.8 Å². The molecule has 0 spiro atoms. The van der Waals surface area contributed by atoms with Gasteiger partial charge in [-0.05, 0) is 13.0 Å². The molecule has 0 heterocycles. The number of benzene rings is 2. The summed E-state index contributed by atoms with van der Waals surface area (Å²) in [7, 11) is 4.89. The van der Waals surface area contributed by atoms with E-state index in [9.17, 15) is 0 Å². The van der Waals surface area contributed by atoms with Crippen molar-refractivity contribution in [1.29, 1.82) is 0 Å². The molecule has 0 atom stereocenters. The molecule has 0 N–H and O–H groups in total. The van der Waals surface area contributed by atoms with Crippen LogP contribution in [0.15, 0.2) is 24.3 Å². The minimum atomic E-state index is 0.693. The van der Waals surface area contributed by atoms with Gasteiger partial charge in [0.05, 0.1) is 21.3 Å². The molecule has 0 amide bonds. The number of rotatable bonds is 3. The van der Waals surface area contributed by atoms with Crippen molar-refractivity contribution in [2.24, 2.45) is 0 Å². The van der Waals surface area contributed by atoms with Crippen molar-refractivity contribution in [1.82, 2.24) is 0 Å². The van der Waals surface area contributed by atoms with Crippen LogP contribution in [0, 0.1) is 6.92 Å². The van der Waals surface area contributed by atoms with E-state index in [0.29, 0.717) is 5.75 Å². The smallest absolute Gasteiger partial charge is 0.130 e. The molecule has 0 saturated heterocycles. The Balaban J connectivity index is 2.89. The predicted octanol–water partition coefficient (Wildman–Crippen LogP) is 3.05. The highest BCUT2D eigenvalue weighted by molar-refractivity contribution is 5.98. The molecule has 89 valence electrons. The maximum atomic E-state index is 5.36. The van der Waals surface area contributed by atoms with Gasteiger partial charge in [0.2, 0.25) is 0 Å². The molecule has 1 radical (unpaired) electrons.